The van der Waals surface area contributed by atoms with Gasteiger partial charge in [-0.1, -0.05) is 43.7 Å². The molecule has 2 unspecified atom stereocenters. The second-order valence-electron chi connectivity index (χ2n) is 4.54. The van der Waals surface area contributed by atoms with Crippen LogP contribution in [-0.2, 0) is 6.42 Å². The summed E-state index contributed by atoms with van der Waals surface area (Å²) in [7, 11) is 0. The van der Waals surface area contributed by atoms with Gasteiger partial charge >= 0.3 is 0 Å². The van der Waals surface area contributed by atoms with Gasteiger partial charge in [-0.05, 0) is 30.2 Å². The predicted octanol–water partition coefficient (Wildman–Crippen LogP) is 2.88. The lowest BCUT2D eigenvalue weighted by molar-refractivity contribution is 0.243. The molecular weight excluding hydrogens is 182 g/mol. The van der Waals surface area contributed by atoms with E-state index < -0.39 is 0 Å². The molecule has 1 fully saturated rings. The van der Waals surface area contributed by atoms with Crippen LogP contribution in [0, 0.1) is 11.8 Å². The van der Waals surface area contributed by atoms with Crippen molar-refractivity contribution in [2.24, 2.45) is 11.8 Å². The van der Waals surface area contributed by atoms with Crippen molar-refractivity contribution in [1.82, 2.24) is 5.32 Å². The van der Waals surface area contributed by atoms with Crippen molar-refractivity contribution >= 4 is 0 Å². The second-order valence-corrected chi connectivity index (χ2v) is 4.54. The molecule has 2 rings (SSSR count). The third-order valence-corrected chi connectivity index (χ3v) is 3.55. The van der Waals surface area contributed by atoms with E-state index in [0.29, 0.717) is 0 Å². The average Bonchev–Trinajstić information content (AvgIpc) is 2.31. The lowest BCUT2D eigenvalue weighted by Gasteiger charge is -2.30. The zero-order valence-electron chi connectivity index (χ0n) is 9.52. The Balaban J connectivity index is 1.97. The van der Waals surface area contributed by atoms with Crippen LogP contribution in [-0.4, -0.2) is 13.1 Å². The van der Waals surface area contributed by atoms with Gasteiger partial charge in [0.2, 0.25) is 0 Å². The normalized spacial score (nSPS) is 26.5. The molecule has 1 heteroatoms. The number of nitrogens with zero attached hydrogens (tertiary/aromatic N) is 1. The highest BCUT2D eigenvalue weighted by atomic mass is 14.9. The van der Waals surface area contributed by atoms with Crippen LogP contribution < -0.4 is 5.32 Å². The Morgan fingerprint density at radius 2 is 2.00 bits per heavy atom. The predicted molar refractivity (Wildman–Crippen MR) is 63.9 cm³/mol. The summed E-state index contributed by atoms with van der Waals surface area (Å²) in [6.45, 7) is 4.46. The molecule has 0 saturated carbocycles. The van der Waals surface area contributed by atoms with Gasteiger partial charge in [-0.3, -0.25) is 0 Å². The van der Waals surface area contributed by atoms with Crippen molar-refractivity contribution in [2.75, 3.05) is 13.1 Å². The van der Waals surface area contributed by atoms with Crippen molar-refractivity contribution in [3.05, 3.63) is 35.9 Å². The highest BCUT2D eigenvalue weighted by Crippen LogP contribution is 2.26. The Kier molecular flexibility index (Phi) is 3.79. The molecule has 0 spiro atoms. The minimum absolute atomic E-state index is 0.818. The third-order valence-electron chi connectivity index (χ3n) is 3.55. The molecule has 0 aliphatic carbocycles. The number of hydrogen-bond donors (Lipinski definition) is 0. The van der Waals surface area contributed by atoms with E-state index in [0.717, 1.165) is 24.9 Å². The van der Waals surface area contributed by atoms with E-state index in [9.17, 15) is 0 Å². The molecule has 1 aromatic rings. The fraction of sp³-hybridized carbons (Fsp3) is 0.571. The first-order chi connectivity index (χ1) is 7.40. The molecule has 1 aromatic carbocycles. The fourth-order valence-corrected chi connectivity index (χ4v) is 2.55. The highest BCUT2D eigenvalue weighted by Gasteiger charge is 2.23. The standard InChI is InChI=1S/C14H20N/c1-2-13-11-15-9-8-14(13)10-12-6-4-3-5-7-12/h3-7,13-14H,2,8-11H2,1H3. The van der Waals surface area contributed by atoms with Crippen molar-refractivity contribution in [3.63, 3.8) is 0 Å². The Labute approximate surface area is 92.9 Å². The third kappa shape index (κ3) is 2.82. The second kappa shape index (κ2) is 5.32. The summed E-state index contributed by atoms with van der Waals surface area (Å²) >= 11 is 0. The topological polar surface area (TPSA) is 14.1 Å². The van der Waals surface area contributed by atoms with E-state index >= 15 is 0 Å². The first kappa shape index (κ1) is 10.7. The Bertz CT molecular complexity index is 281. The van der Waals surface area contributed by atoms with Gasteiger partial charge in [0.15, 0.2) is 0 Å². The maximum atomic E-state index is 4.52. The van der Waals surface area contributed by atoms with Gasteiger partial charge in [0.05, 0.1) is 0 Å². The first-order valence-electron chi connectivity index (χ1n) is 6.07. The van der Waals surface area contributed by atoms with Crippen molar-refractivity contribution in [1.29, 1.82) is 0 Å². The molecule has 0 bridgehead atoms. The molecule has 2 atom stereocenters. The largest absolute Gasteiger partial charge is 0.241 e. The van der Waals surface area contributed by atoms with E-state index in [1.807, 2.05) is 0 Å². The molecule has 0 N–H and O–H groups in total. The number of piperidine rings is 1. The Morgan fingerprint density at radius 1 is 1.20 bits per heavy atom. The van der Waals surface area contributed by atoms with Crippen molar-refractivity contribution in [3.8, 4) is 0 Å². The first-order valence-corrected chi connectivity index (χ1v) is 6.07. The average molecular weight is 202 g/mol. The lowest BCUT2D eigenvalue weighted by Crippen LogP contribution is -2.33. The monoisotopic (exact) mass is 202 g/mol. The van der Waals surface area contributed by atoms with Crippen LogP contribution in [0.25, 0.3) is 0 Å². The van der Waals surface area contributed by atoms with Gasteiger partial charge in [0, 0.05) is 13.1 Å². The van der Waals surface area contributed by atoms with Gasteiger partial charge in [0.25, 0.3) is 0 Å². The van der Waals surface area contributed by atoms with Gasteiger partial charge in [-0.15, -0.1) is 0 Å². The number of hydrogen-bond acceptors (Lipinski definition) is 0. The van der Waals surface area contributed by atoms with E-state index in [1.165, 1.54) is 24.8 Å². The Morgan fingerprint density at radius 3 is 2.73 bits per heavy atom. The van der Waals surface area contributed by atoms with E-state index in [1.54, 1.807) is 0 Å². The fourth-order valence-electron chi connectivity index (χ4n) is 2.55. The number of benzene rings is 1. The molecule has 1 nitrogen and oxygen atoms in total. The molecule has 1 aliphatic rings. The molecule has 81 valence electrons. The van der Waals surface area contributed by atoms with E-state index in [2.05, 4.69) is 42.6 Å². The van der Waals surface area contributed by atoms with Crippen LogP contribution in [0.15, 0.2) is 30.3 Å². The molecule has 1 heterocycles. The zero-order valence-corrected chi connectivity index (χ0v) is 9.52. The molecule has 0 aromatic heterocycles. The van der Waals surface area contributed by atoms with Crippen LogP contribution >= 0.6 is 0 Å². The summed E-state index contributed by atoms with van der Waals surface area (Å²) in [5, 5.41) is 4.52. The smallest absolute Gasteiger partial charge is 0.0164 e. The van der Waals surface area contributed by atoms with Crippen LogP contribution in [0.1, 0.15) is 25.3 Å². The summed E-state index contributed by atoms with van der Waals surface area (Å²) in [5.74, 6) is 1.67. The minimum Gasteiger partial charge on any atom is -0.241 e. The van der Waals surface area contributed by atoms with Crippen LogP contribution in [0.2, 0.25) is 0 Å². The van der Waals surface area contributed by atoms with Gasteiger partial charge in [-0.25, -0.2) is 5.32 Å². The summed E-state index contributed by atoms with van der Waals surface area (Å²) in [6.07, 6.45) is 3.81. The molecule has 1 aliphatic heterocycles. The summed E-state index contributed by atoms with van der Waals surface area (Å²) in [5.41, 5.74) is 1.49. The van der Waals surface area contributed by atoms with Crippen molar-refractivity contribution in [2.45, 2.75) is 26.2 Å². The SMILES string of the molecule is CCC1C[N]CCC1Cc1ccccc1. The van der Waals surface area contributed by atoms with Gasteiger partial charge in [-0.2, -0.15) is 0 Å². The lowest BCUT2D eigenvalue weighted by atomic mass is 9.80. The molecular formula is C14H20N. The maximum Gasteiger partial charge on any atom is 0.0164 e. The van der Waals surface area contributed by atoms with Crippen LogP contribution in [0.5, 0.6) is 0 Å². The van der Waals surface area contributed by atoms with Gasteiger partial charge < -0.3 is 0 Å². The molecule has 0 amide bonds. The number of rotatable bonds is 3. The van der Waals surface area contributed by atoms with Crippen molar-refractivity contribution < 1.29 is 0 Å². The van der Waals surface area contributed by atoms with E-state index in [4.69, 9.17) is 0 Å². The highest BCUT2D eigenvalue weighted by molar-refractivity contribution is 5.15. The Hall–Kier alpha value is -0.820. The summed E-state index contributed by atoms with van der Waals surface area (Å²) in [4.78, 5) is 0. The van der Waals surface area contributed by atoms with Crippen LogP contribution in [0.3, 0.4) is 0 Å². The summed E-state index contributed by atoms with van der Waals surface area (Å²) < 4.78 is 0. The minimum atomic E-state index is 0.818. The summed E-state index contributed by atoms with van der Waals surface area (Å²) in [6, 6.07) is 10.9. The maximum absolute atomic E-state index is 4.52. The molecule has 15 heavy (non-hydrogen) atoms. The van der Waals surface area contributed by atoms with Gasteiger partial charge in [0.1, 0.15) is 0 Å². The quantitative estimate of drug-likeness (QED) is 0.715. The van der Waals surface area contributed by atoms with Crippen LogP contribution in [0.4, 0.5) is 0 Å². The molecule has 1 radical (unpaired) electrons. The van der Waals surface area contributed by atoms with E-state index in [-0.39, 0.29) is 0 Å². The zero-order chi connectivity index (χ0) is 10.5. The molecule has 1 saturated heterocycles.